The quantitative estimate of drug-likeness (QED) is 0.263. The molecule has 0 aliphatic carbocycles. The minimum absolute atomic E-state index is 0. The Bertz CT molecular complexity index is 831. The van der Waals surface area contributed by atoms with E-state index in [0.29, 0.717) is 24.7 Å². The molecule has 170 valence electrons. The highest BCUT2D eigenvalue weighted by atomic mass is 127. The van der Waals surface area contributed by atoms with Gasteiger partial charge in [0.2, 0.25) is 5.91 Å². The molecule has 1 aromatic carbocycles. The first-order valence-electron chi connectivity index (χ1n) is 10.1. The molecule has 0 spiro atoms. The number of nitrogens with zero attached hydrogens (tertiary/aromatic N) is 2. The maximum Gasteiger partial charge on any atom is 0.246 e. The van der Waals surface area contributed by atoms with Gasteiger partial charge in [-0.3, -0.25) is 9.69 Å². The maximum absolute atomic E-state index is 13.3. The molecule has 1 amide bonds. The first kappa shape index (κ1) is 25.5. The summed E-state index contributed by atoms with van der Waals surface area (Å²) in [6.07, 6.45) is 0. The number of thiophene rings is 1. The lowest BCUT2D eigenvalue weighted by Gasteiger charge is -2.34. The normalized spacial score (nSPS) is 15.6. The SMILES string of the molecule is CCNC(=NCC(=O)Nc1cccc(F)c1)NCC(c1cccs1)N1CCOCC1.I. The number of carbonyl (C=O) groups excluding carboxylic acids is 1. The Balaban J connectivity index is 0.00000341. The number of nitrogens with one attached hydrogen (secondary N) is 3. The molecule has 7 nitrogen and oxygen atoms in total. The molecule has 0 saturated carbocycles. The number of carbonyl (C=O) groups is 1. The topological polar surface area (TPSA) is 78.0 Å². The van der Waals surface area contributed by atoms with Gasteiger partial charge in [0.15, 0.2) is 5.96 Å². The Kier molecular flexibility index (Phi) is 11.2. The number of anilines is 1. The van der Waals surface area contributed by atoms with Crippen molar-refractivity contribution >= 4 is 52.9 Å². The summed E-state index contributed by atoms with van der Waals surface area (Å²) < 4.78 is 18.8. The number of ether oxygens (including phenoxy) is 1. The zero-order chi connectivity index (χ0) is 21.2. The van der Waals surface area contributed by atoms with E-state index in [1.165, 1.54) is 17.0 Å². The van der Waals surface area contributed by atoms with E-state index in [0.717, 1.165) is 26.3 Å². The summed E-state index contributed by atoms with van der Waals surface area (Å²) in [6.45, 7) is 6.49. The molecular weight excluding hydrogens is 532 g/mol. The van der Waals surface area contributed by atoms with Crippen molar-refractivity contribution in [2.24, 2.45) is 4.99 Å². The predicted octanol–water partition coefficient (Wildman–Crippen LogP) is 3.07. The van der Waals surface area contributed by atoms with Gasteiger partial charge in [-0.05, 0) is 36.6 Å². The second kappa shape index (κ2) is 13.6. The minimum atomic E-state index is -0.394. The van der Waals surface area contributed by atoms with Crippen LogP contribution in [0.3, 0.4) is 0 Å². The molecule has 1 aliphatic heterocycles. The van der Waals surface area contributed by atoms with Crippen LogP contribution in [0.25, 0.3) is 0 Å². The third-order valence-corrected chi connectivity index (χ3v) is 5.63. The van der Waals surface area contributed by atoms with Crippen molar-refractivity contribution in [3.63, 3.8) is 0 Å². The van der Waals surface area contributed by atoms with E-state index in [-0.39, 0.29) is 42.5 Å². The Morgan fingerprint density at radius 2 is 2.06 bits per heavy atom. The number of amides is 1. The third-order valence-electron chi connectivity index (χ3n) is 4.65. The van der Waals surface area contributed by atoms with Crippen LogP contribution < -0.4 is 16.0 Å². The summed E-state index contributed by atoms with van der Waals surface area (Å²) in [7, 11) is 0. The average Bonchev–Trinajstić information content (AvgIpc) is 3.27. The molecule has 3 N–H and O–H groups in total. The van der Waals surface area contributed by atoms with Gasteiger partial charge in [0, 0.05) is 36.7 Å². The highest BCUT2D eigenvalue weighted by Gasteiger charge is 2.23. The van der Waals surface area contributed by atoms with Crippen LogP contribution in [0.4, 0.5) is 10.1 Å². The van der Waals surface area contributed by atoms with Crippen molar-refractivity contribution in [3.8, 4) is 0 Å². The molecule has 0 bridgehead atoms. The molecule has 1 saturated heterocycles. The lowest BCUT2D eigenvalue weighted by atomic mass is 10.2. The Morgan fingerprint density at radius 3 is 2.74 bits per heavy atom. The molecule has 3 rings (SSSR count). The molecule has 1 atom stereocenters. The fraction of sp³-hybridized carbons (Fsp3) is 0.429. The number of guanidine groups is 1. The molecular formula is C21H29FIN5O2S. The molecule has 1 aromatic heterocycles. The third kappa shape index (κ3) is 8.36. The highest BCUT2D eigenvalue weighted by Crippen LogP contribution is 2.25. The number of halogens is 2. The van der Waals surface area contributed by atoms with Gasteiger partial charge in [0.1, 0.15) is 12.4 Å². The van der Waals surface area contributed by atoms with Crippen molar-refractivity contribution in [2.45, 2.75) is 13.0 Å². The van der Waals surface area contributed by atoms with Gasteiger partial charge in [-0.25, -0.2) is 9.38 Å². The molecule has 1 fully saturated rings. The van der Waals surface area contributed by atoms with E-state index in [1.54, 1.807) is 23.5 Å². The first-order chi connectivity index (χ1) is 14.7. The largest absolute Gasteiger partial charge is 0.379 e. The smallest absolute Gasteiger partial charge is 0.246 e. The van der Waals surface area contributed by atoms with Crippen LogP contribution in [0, 0.1) is 5.82 Å². The van der Waals surface area contributed by atoms with Gasteiger partial charge in [-0.1, -0.05) is 12.1 Å². The second-order valence-corrected chi connectivity index (χ2v) is 7.79. The maximum atomic E-state index is 13.3. The zero-order valence-electron chi connectivity index (χ0n) is 17.5. The number of rotatable bonds is 8. The summed E-state index contributed by atoms with van der Waals surface area (Å²) in [6, 6.07) is 10.2. The van der Waals surface area contributed by atoms with Crippen LogP contribution in [0.2, 0.25) is 0 Å². The first-order valence-corrected chi connectivity index (χ1v) is 11.0. The zero-order valence-corrected chi connectivity index (χ0v) is 20.6. The molecule has 1 aliphatic rings. The van der Waals surface area contributed by atoms with E-state index >= 15 is 0 Å². The Hall–Kier alpha value is -1.76. The standard InChI is InChI=1S/C21H28FN5O2S.HI/c1-2-23-21(25-15-20(28)26-17-6-3-5-16(22)13-17)24-14-18(19-7-4-12-30-19)27-8-10-29-11-9-27;/h3-7,12-13,18H,2,8-11,14-15H2,1H3,(H,26,28)(H2,23,24,25);1H. The summed E-state index contributed by atoms with van der Waals surface area (Å²) in [4.78, 5) is 20.3. The molecule has 1 unspecified atom stereocenters. The van der Waals surface area contributed by atoms with Gasteiger partial charge in [0.05, 0.1) is 19.3 Å². The van der Waals surface area contributed by atoms with Crippen LogP contribution in [0.5, 0.6) is 0 Å². The van der Waals surface area contributed by atoms with Crippen molar-refractivity contribution < 1.29 is 13.9 Å². The van der Waals surface area contributed by atoms with E-state index in [2.05, 4.69) is 43.4 Å². The fourth-order valence-corrected chi connectivity index (χ4v) is 4.09. The van der Waals surface area contributed by atoms with Crippen LogP contribution in [-0.4, -0.2) is 62.7 Å². The number of benzene rings is 1. The lowest BCUT2D eigenvalue weighted by Crippen LogP contribution is -2.46. The van der Waals surface area contributed by atoms with Gasteiger partial charge >= 0.3 is 0 Å². The molecule has 2 aromatic rings. The molecule has 31 heavy (non-hydrogen) atoms. The second-order valence-electron chi connectivity index (χ2n) is 6.81. The molecule has 0 radical (unpaired) electrons. The van der Waals surface area contributed by atoms with Crippen molar-refractivity contribution in [1.82, 2.24) is 15.5 Å². The van der Waals surface area contributed by atoms with Gasteiger partial charge in [-0.15, -0.1) is 35.3 Å². The molecule has 10 heteroatoms. The fourth-order valence-electron chi connectivity index (χ4n) is 3.23. The monoisotopic (exact) mass is 561 g/mol. The average molecular weight is 561 g/mol. The van der Waals surface area contributed by atoms with Crippen LogP contribution in [0.15, 0.2) is 46.8 Å². The van der Waals surface area contributed by atoms with Crippen molar-refractivity contribution in [2.75, 3.05) is 51.3 Å². The van der Waals surface area contributed by atoms with E-state index in [4.69, 9.17) is 4.74 Å². The Morgan fingerprint density at radius 1 is 1.26 bits per heavy atom. The van der Waals surface area contributed by atoms with Crippen LogP contribution in [0.1, 0.15) is 17.8 Å². The Labute approximate surface area is 203 Å². The minimum Gasteiger partial charge on any atom is -0.379 e. The molecule has 2 heterocycles. The summed E-state index contributed by atoms with van der Waals surface area (Å²) >= 11 is 1.73. The van der Waals surface area contributed by atoms with E-state index < -0.39 is 5.82 Å². The van der Waals surface area contributed by atoms with Crippen LogP contribution >= 0.6 is 35.3 Å². The summed E-state index contributed by atoms with van der Waals surface area (Å²) in [5.41, 5.74) is 0.415. The highest BCUT2D eigenvalue weighted by molar-refractivity contribution is 14.0. The number of hydrogen-bond donors (Lipinski definition) is 3. The van der Waals surface area contributed by atoms with Crippen molar-refractivity contribution in [1.29, 1.82) is 0 Å². The van der Waals surface area contributed by atoms with Crippen LogP contribution in [-0.2, 0) is 9.53 Å². The van der Waals surface area contributed by atoms with Gasteiger partial charge in [0.25, 0.3) is 0 Å². The van der Waals surface area contributed by atoms with E-state index in [1.807, 2.05) is 6.92 Å². The number of morpholine rings is 1. The van der Waals surface area contributed by atoms with Gasteiger partial charge < -0.3 is 20.7 Å². The summed E-state index contributed by atoms with van der Waals surface area (Å²) in [5.74, 6) is -0.128. The number of aliphatic imine (C=N–C) groups is 1. The summed E-state index contributed by atoms with van der Waals surface area (Å²) in [5, 5.41) is 11.3. The van der Waals surface area contributed by atoms with E-state index in [9.17, 15) is 9.18 Å². The predicted molar refractivity (Wildman–Crippen MR) is 134 cm³/mol. The van der Waals surface area contributed by atoms with Crippen molar-refractivity contribution in [3.05, 3.63) is 52.5 Å². The number of hydrogen-bond acceptors (Lipinski definition) is 5. The van der Waals surface area contributed by atoms with Gasteiger partial charge in [-0.2, -0.15) is 0 Å². The lowest BCUT2D eigenvalue weighted by molar-refractivity contribution is -0.114.